The van der Waals surface area contributed by atoms with Crippen LogP contribution in [-0.2, 0) is 9.53 Å². The van der Waals surface area contributed by atoms with Gasteiger partial charge in [-0.3, -0.25) is 4.79 Å². The summed E-state index contributed by atoms with van der Waals surface area (Å²) in [6.45, 7) is 5.49. The van der Waals surface area contributed by atoms with Crippen molar-refractivity contribution in [3.8, 4) is 0 Å². The molecule has 1 aliphatic carbocycles. The van der Waals surface area contributed by atoms with Crippen LogP contribution in [0.4, 0.5) is 13.2 Å². The van der Waals surface area contributed by atoms with Gasteiger partial charge in [0.15, 0.2) is 0 Å². The maximum Gasteiger partial charge on any atom is 0.416 e. The summed E-state index contributed by atoms with van der Waals surface area (Å²) in [4.78, 5) is 11.9. The molecule has 0 radical (unpaired) electrons. The zero-order chi connectivity index (χ0) is 16.5. The normalized spacial score (nSPS) is 24.0. The second kappa shape index (κ2) is 5.78. The molecule has 0 amide bonds. The van der Waals surface area contributed by atoms with E-state index < -0.39 is 35.0 Å². The Morgan fingerprint density at radius 2 is 1.86 bits per heavy atom. The van der Waals surface area contributed by atoms with Crippen LogP contribution in [0, 0.1) is 17.3 Å². The molecule has 120 valence electrons. The molecule has 22 heavy (non-hydrogen) atoms. The third-order valence-electron chi connectivity index (χ3n) is 4.19. The van der Waals surface area contributed by atoms with Crippen molar-refractivity contribution in [1.82, 2.24) is 0 Å². The lowest BCUT2D eigenvalue weighted by Crippen LogP contribution is -2.12. The van der Waals surface area contributed by atoms with Crippen molar-refractivity contribution < 1.29 is 22.7 Å². The fourth-order valence-corrected chi connectivity index (χ4v) is 2.82. The van der Waals surface area contributed by atoms with Gasteiger partial charge in [-0.2, -0.15) is 13.2 Å². The molecule has 2 rings (SSSR count). The first kappa shape index (κ1) is 16.6. The molecule has 2 atom stereocenters. The van der Waals surface area contributed by atoms with E-state index in [2.05, 4.69) is 0 Å². The number of allylic oxidation sites excluding steroid dienone is 2. The van der Waals surface area contributed by atoms with E-state index in [-0.39, 0.29) is 12.2 Å². The van der Waals surface area contributed by atoms with Gasteiger partial charge in [-0.15, -0.1) is 0 Å². The molecule has 1 saturated carbocycles. The van der Waals surface area contributed by atoms with Crippen LogP contribution in [0.3, 0.4) is 0 Å². The Labute approximate surface area is 128 Å². The van der Waals surface area contributed by atoms with Gasteiger partial charge in [0.25, 0.3) is 0 Å². The van der Waals surface area contributed by atoms with E-state index in [1.807, 2.05) is 0 Å². The third kappa shape index (κ3) is 3.18. The van der Waals surface area contributed by atoms with Crippen LogP contribution in [0.25, 0.3) is 5.57 Å². The lowest BCUT2D eigenvalue weighted by molar-refractivity contribution is -0.145. The number of hydrogen-bond donors (Lipinski definition) is 0. The predicted molar refractivity (Wildman–Crippen MR) is 77.9 cm³/mol. The minimum absolute atomic E-state index is 0.111. The quantitative estimate of drug-likeness (QED) is 0.767. The molecular formula is C17H19F3O2. The number of ether oxygens (including phenoxy) is 1. The summed E-state index contributed by atoms with van der Waals surface area (Å²) < 4.78 is 45.0. The zero-order valence-electron chi connectivity index (χ0n) is 12.8. The average Bonchev–Trinajstić information content (AvgIpc) is 2.97. The highest BCUT2D eigenvalue weighted by atomic mass is 19.4. The van der Waals surface area contributed by atoms with E-state index >= 15 is 0 Å². The Hall–Kier alpha value is -1.78. The van der Waals surface area contributed by atoms with E-state index in [1.165, 1.54) is 18.2 Å². The lowest BCUT2D eigenvalue weighted by atomic mass is 10.0. The minimum Gasteiger partial charge on any atom is -0.466 e. The van der Waals surface area contributed by atoms with Crippen molar-refractivity contribution in [3.05, 3.63) is 42.0 Å². The maximum atomic E-state index is 13.3. The largest absolute Gasteiger partial charge is 0.466 e. The van der Waals surface area contributed by atoms with Crippen LogP contribution in [0.15, 0.2) is 36.4 Å². The molecule has 0 aromatic heterocycles. The molecule has 0 saturated heterocycles. The van der Waals surface area contributed by atoms with Crippen molar-refractivity contribution in [2.75, 3.05) is 6.61 Å². The van der Waals surface area contributed by atoms with Gasteiger partial charge in [-0.1, -0.05) is 50.3 Å². The van der Waals surface area contributed by atoms with Crippen LogP contribution in [-0.4, -0.2) is 18.8 Å². The number of hydrogen-bond acceptors (Lipinski definition) is 2. The highest BCUT2D eigenvalue weighted by Crippen LogP contribution is 2.60. The van der Waals surface area contributed by atoms with Crippen LogP contribution in [0.5, 0.6) is 0 Å². The summed E-state index contributed by atoms with van der Waals surface area (Å²) >= 11 is 0. The molecule has 0 heterocycles. The van der Waals surface area contributed by atoms with Gasteiger partial charge in [0.05, 0.1) is 18.1 Å². The average molecular weight is 312 g/mol. The van der Waals surface area contributed by atoms with Crippen molar-refractivity contribution in [2.24, 2.45) is 17.3 Å². The minimum atomic E-state index is -4.46. The SMILES string of the molecule is CCOC(=O)C1C(/C=C(/c2ccccc2)C(F)(F)F)C1(C)C. The van der Waals surface area contributed by atoms with E-state index in [0.29, 0.717) is 0 Å². The fourth-order valence-electron chi connectivity index (χ4n) is 2.82. The Morgan fingerprint density at radius 3 is 2.36 bits per heavy atom. The number of halogens is 3. The van der Waals surface area contributed by atoms with Crippen molar-refractivity contribution in [2.45, 2.75) is 26.9 Å². The summed E-state index contributed by atoms with van der Waals surface area (Å²) in [6.07, 6.45) is -3.28. The Bertz CT molecular complexity index is 573. The summed E-state index contributed by atoms with van der Waals surface area (Å²) in [5.41, 5.74) is -1.10. The van der Waals surface area contributed by atoms with Crippen molar-refractivity contribution >= 4 is 11.5 Å². The number of carbonyl (C=O) groups is 1. The van der Waals surface area contributed by atoms with Gasteiger partial charge in [-0.25, -0.2) is 0 Å². The summed E-state index contributed by atoms with van der Waals surface area (Å²) in [6, 6.07) is 7.65. The van der Waals surface area contributed by atoms with Crippen molar-refractivity contribution in [3.63, 3.8) is 0 Å². The number of rotatable bonds is 4. The number of benzene rings is 1. The molecule has 1 aromatic carbocycles. The molecule has 2 nitrogen and oxygen atoms in total. The third-order valence-corrected chi connectivity index (χ3v) is 4.19. The molecule has 1 aliphatic rings. The van der Waals surface area contributed by atoms with Crippen molar-refractivity contribution in [1.29, 1.82) is 0 Å². The molecule has 0 N–H and O–H groups in total. The monoisotopic (exact) mass is 312 g/mol. The van der Waals surface area contributed by atoms with Crippen LogP contribution in [0.2, 0.25) is 0 Å². The van der Waals surface area contributed by atoms with Gasteiger partial charge in [0.2, 0.25) is 0 Å². The second-order valence-electron chi connectivity index (χ2n) is 6.02. The van der Waals surface area contributed by atoms with Crippen LogP contribution >= 0.6 is 0 Å². The molecule has 0 bridgehead atoms. The summed E-state index contributed by atoms with van der Waals surface area (Å²) in [7, 11) is 0. The first-order valence-corrected chi connectivity index (χ1v) is 7.20. The molecular weight excluding hydrogens is 293 g/mol. The Balaban J connectivity index is 2.34. The molecule has 1 fully saturated rings. The lowest BCUT2D eigenvalue weighted by Gasteiger charge is -2.12. The van der Waals surface area contributed by atoms with Gasteiger partial charge in [0.1, 0.15) is 0 Å². The zero-order valence-corrected chi connectivity index (χ0v) is 12.8. The highest BCUT2D eigenvalue weighted by Gasteiger charge is 2.62. The van der Waals surface area contributed by atoms with Gasteiger partial charge < -0.3 is 4.74 Å². The predicted octanol–water partition coefficient (Wildman–Crippen LogP) is 4.47. The van der Waals surface area contributed by atoms with Crippen LogP contribution in [0.1, 0.15) is 26.3 Å². The highest BCUT2D eigenvalue weighted by molar-refractivity contribution is 5.80. The number of carbonyl (C=O) groups excluding carboxylic acids is 1. The maximum absolute atomic E-state index is 13.3. The van der Waals surface area contributed by atoms with Gasteiger partial charge >= 0.3 is 12.1 Å². The van der Waals surface area contributed by atoms with E-state index in [1.54, 1.807) is 39.0 Å². The van der Waals surface area contributed by atoms with Gasteiger partial charge in [0, 0.05) is 0 Å². The molecule has 5 heteroatoms. The van der Waals surface area contributed by atoms with E-state index in [4.69, 9.17) is 4.74 Å². The van der Waals surface area contributed by atoms with E-state index in [0.717, 1.165) is 0 Å². The second-order valence-corrected chi connectivity index (χ2v) is 6.02. The first-order valence-electron chi connectivity index (χ1n) is 7.20. The standard InChI is InChI=1S/C17H19F3O2/c1-4-22-15(21)14-13(16(14,2)3)10-12(17(18,19)20)11-8-6-5-7-9-11/h5-10,13-14H,4H2,1-3H3/b12-10-. The smallest absolute Gasteiger partial charge is 0.416 e. The Kier molecular flexibility index (Phi) is 4.36. The van der Waals surface area contributed by atoms with E-state index in [9.17, 15) is 18.0 Å². The number of esters is 1. The first-order chi connectivity index (χ1) is 10.2. The molecule has 1 aromatic rings. The number of alkyl halides is 3. The topological polar surface area (TPSA) is 26.3 Å². The Morgan fingerprint density at radius 1 is 1.27 bits per heavy atom. The molecule has 0 aliphatic heterocycles. The summed E-state index contributed by atoms with van der Waals surface area (Å²) in [5, 5.41) is 0. The van der Waals surface area contributed by atoms with Crippen LogP contribution < -0.4 is 0 Å². The molecule has 0 spiro atoms. The fraction of sp³-hybridized carbons (Fsp3) is 0.471. The van der Waals surface area contributed by atoms with Gasteiger partial charge in [-0.05, 0) is 23.8 Å². The molecule has 2 unspecified atom stereocenters. The summed E-state index contributed by atoms with van der Waals surface area (Å²) in [5.74, 6) is -1.42.